The predicted octanol–water partition coefficient (Wildman–Crippen LogP) is 4.06. The van der Waals surface area contributed by atoms with Crippen LogP contribution in [0.1, 0.15) is 38.3 Å². The molecule has 0 unspecified atom stereocenters. The molecule has 0 saturated heterocycles. The number of para-hydroxylation sites is 1. The zero-order valence-electron chi connectivity index (χ0n) is 12.1. The summed E-state index contributed by atoms with van der Waals surface area (Å²) in [5.41, 5.74) is 0.595. The van der Waals surface area contributed by atoms with Crippen LogP contribution < -0.4 is 4.74 Å². The Morgan fingerprint density at radius 2 is 1.85 bits per heavy atom. The van der Waals surface area contributed by atoms with Gasteiger partial charge in [0.2, 0.25) is 5.78 Å². The summed E-state index contributed by atoms with van der Waals surface area (Å²) in [5.74, 6) is -1.15. The average molecular weight is 288 g/mol. The van der Waals surface area contributed by atoms with Crippen molar-refractivity contribution in [2.24, 2.45) is 0 Å². The van der Waals surface area contributed by atoms with Crippen LogP contribution in [0.2, 0.25) is 0 Å². The molecule has 0 heterocycles. The van der Waals surface area contributed by atoms with Gasteiger partial charge in [-0.15, -0.1) is 0 Å². The number of ether oxygens (including phenoxy) is 1. The number of benzene rings is 1. The second kappa shape index (κ2) is 5.85. The van der Waals surface area contributed by atoms with Crippen LogP contribution in [0.3, 0.4) is 0 Å². The first-order chi connectivity index (χ1) is 9.13. The third-order valence-corrected chi connectivity index (χ3v) is 3.33. The molecule has 1 aromatic rings. The van der Waals surface area contributed by atoms with Gasteiger partial charge in [0.15, 0.2) is 0 Å². The first-order valence-electron chi connectivity index (χ1n) is 6.40. The Labute approximate surface area is 116 Å². The molecule has 0 aliphatic heterocycles. The first kappa shape index (κ1) is 16.5. The van der Waals surface area contributed by atoms with E-state index in [2.05, 4.69) is 0 Å². The lowest BCUT2D eigenvalue weighted by Crippen LogP contribution is -2.31. The van der Waals surface area contributed by atoms with Gasteiger partial charge in [-0.25, -0.2) is 0 Å². The summed E-state index contributed by atoms with van der Waals surface area (Å²) in [5, 5.41) is 0. The monoisotopic (exact) mass is 288 g/mol. The van der Waals surface area contributed by atoms with Crippen LogP contribution in [0.15, 0.2) is 18.2 Å². The van der Waals surface area contributed by atoms with Gasteiger partial charge < -0.3 is 4.74 Å². The standard InChI is InChI=1S/C15H19F3O2/c1-5-10-7-6-8-11(13(10)20-4)14(2,3)9-12(19)15(16,17)18/h6-8H,5,9H2,1-4H3. The third kappa shape index (κ3) is 3.52. The molecule has 0 aliphatic rings. The summed E-state index contributed by atoms with van der Waals surface area (Å²) >= 11 is 0. The maximum atomic E-state index is 12.4. The molecule has 0 amide bonds. The molecule has 1 rings (SSSR count). The number of alkyl halides is 3. The smallest absolute Gasteiger partial charge is 0.450 e. The van der Waals surface area contributed by atoms with Crippen molar-refractivity contribution in [1.82, 2.24) is 0 Å². The molecular weight excluding hydrogens is 269 g/mol. The summed E-state index contributed by atoms with van der Waals surface area (Å²) in [4.78, 5) is 11.2. The molecule has 0 aliphatic carbocycles. The highest BCUT2D eigenvalue weighted by molar-refractivity contribution is 5.85. The normalized spacial score (nSPS) is 12.3. The SMILES string of the molecule is CCc1cccc(C(C)(C)CC(=O)C(F)(F)F)c1OC. The minimum atomic E-state index is -4.80. The van der Waals surface area contributed by atoms with Crippen LogP contribution in [0, 0.1) is 0 Å². The van der Waals surface area contributed by atoms with Crippen LogP contribution in [-0.2, 0) is 16.6 Å². The van der Waals surface area contributed by atoms with Crippen molar-refractivity contribution in [3.8, 4) is 5.75 Å². The summed E-state index contributed by atoms with van der Waals surface area (Å²) in [6.45, 7) is 5.18. The zero-order valence-corrected chi connectivity index (χ0v) is 12.1. The average Bonchev–Trinajstić information content (AvgIpc) is 2.35. The maximum absolute atomic E-state index is 12.4. The summed E-state index contributed by atoms with van der Waals surface area (Å²) in [6.07, 6.45) is -4.69. The molecule has 112 valence electrons. The van der Waals surface area contributed by atoms with Crippen LogP contribution in [0.4, 0.5) is 13.2 Å². The van der Waals surface area contributed by atoms with Gasteiger partial charge in [-0.1, -0.05) is 39.0 Å². The lowest BCUT2D eigenvalue weighted by molar-refractivity contribution is -0.172. The Morgan fingerprint density at radius 3 is 2.30 bits per heavy atom. The van der Waals surface area contributed by atoms with Crippen molar-refractivity contribution in [1.29, 1.82) is 0 Å². The minimum Gasteiger partial charge on any atom is -0.496 e. The number of halogens is 3. The van der Waals surface area contributed by atoms with Crippen molar-refractivity contribution in [2.75, 3.05) is 7.11 Å². The Bertz CT molecular complexity index is 490. The molecule has 0 spiro atoms. The lowest BCUT2D eigenvalue weighted by Gasteiger charge is -2.28. The van der Waals surface area contributed by atoms with Crippen molar-refractivity contribution >= 4 is 5.78 Å². The molecule has 0 atom stereocenters. The largest absolute Gasteiger partial charge is 0.496 e. The van der Waals surface area contributed by atoms with E-state index >= 15 is 0 Å². The summed E-state index contributed by atoms with van der Waals surface area (Å²) in [6, 6.07) is 5.35. The van der Waals surface area contributed by atoms with Crippen LogP contribution >= 0.6 is 0 Å². The number of hydrogen-bond acceptors (Lipinski definition) is 2. The van der Waals surface area contributed by atoms with Gasteiger partial charge in [-0.05, 0) is 12.0 Å². The van der Waals surface area contributed by atoms with Gasteiger partial charge in [0.1, 0.15) is 5.75 Å². The molecular formula is C15H19F3O2. The molecule has 0 bridgehead atoms. The third-order valence-electron chi connectivity index (χ3n) is 3.33. The van der Waals surface area contributed by atoms with E-state index in [4.69, 9.17) is 4.74 Å². The fourth-order valence-corrected chi connectivity index (χ4v) is 2.23. The number of Topliss-reactive ketones (excluding diaryl/α,β-unsaturated/α-hetero) is 1. The molecule has 0 N–H and O–H groups in total. The second-order valence-electron chi connectivity index (χ2n) is 5.33. The van der Waals surface area contributed by atoms with Crippen molar-refractivity contribution < 1.29 is 22.7 Å². The highest BCUT2D eigenvalue weighted by Crippen LogP contribution is 2.38. The molecule has 0 aromatic heterocycles. The van der Waals surface area contributed by atoms with Crippen LogP contribution in [-0.4, -0.2) is 19.1 Å². The summed E-state index contributed by atoms with van der Waals surface area (Å²) in [7, 11) is 1.49. The quantitative estimate of drug-likeness (QED) is 0.817. The van der Waals surface area contributed by atoms with Crippen LogP contribution in [0.5, 0.6) is 5.75 Å². The van der Waals surface area contributed by atoms with E-state index in [0.717, 1.165) is 5.56 Å². The number of hydrogen-bond donors (Lipinski definition) is 0. The number of rotatable bonds is 5. The second-order valence-corrected chi connectivity index (χ2v) is 5.33. The minimum absolute atomic E-state index is 0.565. The molecule has 0 fully saturated rings. The van der Waals surface area contributed by atoms with Crippen LogP contribution in [0.25, 0.3) is 0 Å². The number of methoxy groups -OCH3 is 1. The molecule has 20 heavy (non-hydrogen) atoms. The van der Waals surface area contributed by atoms with E-state index < -0.39 is 23.8 Å². The van der Waals surface area contributed by atoms with E-state index in [1.54, 1.807) is 26.0 Å². The number of carbonyl (C=O) groups is 1. The van der Waals surface area contributed by atoms with Gasteiger partial charge in [0.25, 0.3) is 0 Å². The fraction of sp³-hybridized carbons (Fsp3) is 0.533. The Morgan fingerprint density at radius 1 is 1.25 bits per heavy atom. The fourth-order valence-electron chi connectivity index (χ4n) is 2.23. The Balaban J connectivity index is 3.19. The maximum Gasteiger partial charge on any atom is 0.450 e. The van der Waals surface area contributed by atoms with Gasteiger partial charge >= 0.3 is 6.18 Å². The van der Waals surface area contributed by atoms with Gasteiger partial charge in [-0.2, -0.15) is 13.2 Å². The van der Waals surface area contributed by atoms with E-state index in [1.807, 2.05) is 13.0 Å². The number of carbonyl (C=O) groups excluding carboxylic acids is 1. The zero-order chi connectivity index (χ0) is 15.6. The van der Waals surface area contributed by atoms with Gasteiger partial charge in [-0.3, -0.25) is 4.79 Å². The number of aryl methyl sites for hydroxylation is 1. The molecule has 0 radical (unpaired) electrons. The highest BCUT2D eigenvalue weighted by atomic mass is 19.4. The highest BCUT2D eigenvalue weighted by Gasteiger charge is 2.42. The van der Waals surface area contributed by atoms with Crippen molar-refractivity contribution in [2.45, 2.75) is 45.2 Å². The van der Waals surface area contributed by atoms with Crippen molar-refractivity contribution in [3.05, 3.63) is 29.3 Å². The lowest BCUT2D eigenvalue weighted by atomic mass is 9.78. The van der Waals surface area contributed by atoms with E-state index in [0.29, 0.717) is 17.7 Å². The Hall–Kier alpha value is -1.52. The van der Waals surface area contributed by atoms with E-state index in [-0.39, 0.29) is 0 Å². The molecule has 0 saturated carbocycles. The number of ketones is 1. The van der Waals surface area contributed by atoms with E-state index in [1.165, 1.54) is 7.11 Å². The molecule has 2 nitrogen and oxygen atoms in total. The Kier molecular flexibility index (Phi) is 4.84. The predicted molar refractivity (Wildman–Crippen MR) is 71.1 cm³/mol. The molecule has 5 heteroatoms. The first-order valence-corrected chi connectivity index (χ1v) is 6.40. The van der Waals surface area contributed by atoms with E-state index in [9.17, 15) is 18.0 Å². The summed E-state index contributed by atoms with van der Waals surface area (Å²) < 4.78 is 42.7. The molecule has 1 aromatic carbocycles. The van der Waals surface area contributed by atoms with Crippen molar-refractivity contribution in [3.63, 3.8) is 0 Å². The topological polar surface area (TPSA) is 26.3 Å². The van der Waals surface area contributed by atoms with Gasteiger partial charge in [0.05, 0.1) is 7.11 Å². The van der Waals surface area contributed by atoms with Gasteiger partial charge in [0, 0.05) is 17.4 Å².